The van der Waals surface area contributed by atoms with Crippen LogP contribution >= 0.6 is 0 Å². The van der Waals surface area contributed by atoms with E-state index in [9.17, 15) is 4.79 Å². The SMILES string of the molecule is CC(NCCC(=O)N(C)C)c1ccc2c(c1)CCC2. The lowest BCUT2D eigenvalue weighted by molar-refractivity contribution is -0.128. The van der Waals surface area contributed by atoms with Gasteiger partial charge in [-0.05, 0) is 42.9 Å². The fourth-order valence-electron chi connectivity index (χ4n) is 2.60. The van der Waals surface area contributed by atoms with Crippen molar-refractivity contribution >= 4 is 5.91 Å². The van der Waals surface area contributed by atoms with Gasteiger partial charge in [-0.1, -0.05) is 18.2 Å². The van der Waals surface area contributed by atoms with Crippen molar-refractivity contribution in [3.05, 3.63) is 34.9 Å². The molecule has 1 aromatic carbocycles. The monoisotopic (exact) mass is 260 g/mol. The molecule has 0 bridgehead atoms. The summed E-state index contributed by atoms with van der Waals surface area (Å²) < 4.78 is 0. The molecule has 0 aliphatic heterocycles. The lowest BCUT2D eigenvalue weighted by Gasteiger charge is -2.16. The number of carbonyl (C=O) groups excluding carboxylic acids is 1. The first-order chi connectivity index (χ1) is 9.08. The van der Waals surface area contributed by atoms with Crippen molar-refractivity contribution in [3.8, 4) is 0 Å². The number of aryl methyl sites for hydroxylation is 2. The zero-order chi connectivity index (χ0) is 13.8. The van der Waals surface area contributed by atoms with Crippen LogP contribution in [0.3, 0.4) is 0 Å². The molecule has 1 amide bonds. The quantitative estimate of drug-likeness (QED) is 0.881. The molecule has 1 aliphatic rings. The van der Waals surface area contributed by atoms with Gasteiger partial charge in [-0.3, -0.25) is 4.79 Å². The Labute approximate surface area is 116 Å². The lowest BCUT2D eigenvalue weighted by Crippen LogP contribution is -2.28. The second-order valence-corrected chi connectivity index (χ2v) is 5.60. The molecule has 19 heavy (non-hydrogen) atoms. The Morgan fingerprint density at radius 3 is 2.79 bits per heavy atom. The molecule has 104 valence electrons. The van der Waals surface area contributed by atoms with Gasteiger partial charge >= 0.3 is 0 Å². The van der Waals surface area contributed by atoms with Crippen molar-refractivity contribution < 1.29 is 4.79 Å². The molecule has 2 rings (SSSR count). The van der Waals surface area contributed by atoms with Gasteiger partial charge in [0.1, 0.15) is 0 Å². The Bertz CT molecular complexity index is 454. The number of hydrogen-bond donors (Lipinski definition) is 1. The minimum absolute atomic E-state index is 0.175. The van der Waals surface area contributed by atoms with Crippen LogP contribution in [0.4, 0.5) is 0 Å². The van der Waals surface area contributed by atoms with Crippen molar-refractivity contribution in [1.29, 1.82) is 0 Å². The molecule has 0 spiro atoms. The predicted molar refractivity (Wildman–Crippen MR) is 78.2 cm³/mol. The molecule has 1 aliphatic carbocycles. The summed E-state index contributed by atoms with van der Waals surface area (Å²) in [6.45, 7) is 2.89. The van der Waals surface area contributed by atoms with Crippen molar-refractivity contribution in [3.63, 3.8) is 0 Å². The minimum Gasteiger partial charge on any atom is -0.349 e. The largest absolute Gasteiger partial charge is 0.349 e. The fraction of sp³-hybridized carbons (Fsp3) is 0.562. The van der Waals surface area contributed by atoms with Crippen LogP contribution in [0.5, 0.6) is 0 Å². The van der Waals surface area contributed by atoms with Gasteiger partial charge in [0.15, 0.2) is 0 Å². The highest BCUT2D eigenvalue weighted by Crippen LogP contribution is 2.25. The molecule has 1 unspecified atom stereocenters. The van der Waals surface area contributed by atoms with E-state index >= 15 is 0 Å². The van der Waals surface area contributed by atoms with Gasteiger partial charge in [-0.25, -0.2) is 0 Å². The van der Waals surface area contributed by atoms with Crippen molar-refractivity contribution in [2.45, 2.75) is 38.6 Å². The van der Waals surface area contributed by atoms with E-state index in [-0.39, 0.29) is 5.91 Å². The Hall–Kier alpha value is -1.35. The van der Waals surface area contributed by atoms with Gasteiger partial charge in [0, 0.05) is 33.1 Å². The lowest BCUT2D eigenvalue weighted by atomic mass is 10.0. The molecule has 3 heteroatoms. The highest BCUT2D eigenvalue weighted by atomic mass is 16.2. The zero-order valence-electron chi connectivity index (χ0n) is 12.2. The van der Waals surface area contributed by atoms with E-state index in [1.807, 2.05) is 0 Å². The van der Waals surface area contributed by atoms with Gasteiger partial charge < -0.3 is 10.2 Å². The minimum atomic E-state index is 0.175. The number of amides is 1. The second kappa shape index (κ2) is 6.20. The molecular formula is C16H24N2O. The Morgan fingerprint density at radius 2 is 2.05 bits per heavy atom. The van der Waals surface area contributed by atoms with Gasteiger partial charge in [-0.15, -0.1) is 0 Å². The molecule has 0 saturated carbocycles. The first-order valence-corrected chi connectivity index (χ1v) is 7.13. The summed E-state index contributed by atoms with van der Waals surface area (Å²) in [6, 6.07) is 7.12. The third-order valence-corrected chi connectivity index (χ3v) is 3.91. The average Bonchev–Trinajstić information content (AvgIpc) is 2.85. The third-order valence-electron chi connectivity index (χ3n) is 3.91. The predicted octanol–water partition coefficient (Wildman–Crippen LogP) is 2.30. The van der Waals surface area contributed by atoms with Crippen LogP contribution in [0.25, 0.3) is 0 Å². The number of rotatable bonds is 5. The summed E-state index contributed by atoms with van der Waals surface area (Å²) in [7, 11) is 3.60. The molecule has 1 N–H and O–H groups in total. The molecule has 0 radical (unpaired) electrons. The molecule has 1 aromatic rings. The summed E-state index contributed by atoms with van der Waals surface area (Å²) in [4.78, 5) is 13.1. The van der Waals surface area contributed by atoms with E-state index in [1.165, 1.54) is 36.0 Å². The van der Waals surface area contributed by atoms with Gasteiger partial charge in [-0.2, -0.15) is 0 Å². The van der Waals surface area contributed by atoms with Gasteiger partial charge in [0.05, 0.1) is 0 Å². The maximum absolute atomic E-state index is 11.5. The van der Waals surface area contributed by atoms with Crippen LogP contribution in [0.15, 0.2) is 18.2 Å². The topological polar surface area (TPSA) is 32.3 Å². The van der Waals surface area contributed by atoms with Gasteiger partial charge in [0.25, 0.3) is 0 Å². The first kappa shape index (κ1) is 14.1. The standard InChI is InChI=1S/C16H24N2O/c1-12(17-10-9-16(19)18(2)3)14-8-7-13-5-4-6-15(13)11-14/h7-8,11-12,17H,4-6,9-10H2,1-3H3. The van der Waals surface area contributed by atoms with Crippen LogP contribution in [0, 0.1) is 0 Å². The van der Waals surface area contributed by atoms with Crippen molar-refractivity contribution in [1.82, 2.24) is 10.2 Å². The van der Waals surface area contributed by atoms with E-state index < -0.39 is 0 Å². The van der Waals surface area contributed by atoms with E-state index in [0.717, 1.165) is 6.54 Å². The summed E-state index contributed by atoms with van der Waals surface area (Å²) in [5.41, 5.74) is 4.35. The van der Waals surface area contributed by atoms with E-state index in [2.05, 4.69) is 30.4 Å². The van der Waals surface area contributed by atoms with Crippen LogP contribution in [0.2, 0.25) is 0 Å². The van der Waals surface area contributed by atoms with E-state index in [0.29, 0.717) is 12.5 Å². The Balaban J connectivity index is 1.86. The second-order valence-electron chi connectivity index (χ2n) is 5.60. The number of fused-ring (bicyclic) bond motifs is 1. The number of benzene rings is 1. The summed E-state index contributed by atoms with van der Waals surface area (Å²) in [5, 5.41) is 3.43. The maximum Gasteiger partial charge on any atom is 0.223 e. The molecule has 0 saturated heterocycles. The van der Waals surface area contributed by atoms with Crippen molar-refractivity contribution in [2.24, 2.45) is 0 Å². The molecule has 0 aromatic heterocycles. The van der Waals surface area contributed by atoms with Crippen LogP contribution in [-0.4, -0.2) is 31.4 Å². The first-order valence-electron chi connectivity index (χ1n) is 7.13. The molecular weight excluding hydrogens is 236 g/mol. The van der Waals surface area contributed by atoms with Crippen LogP contribution in [0.1, 0.15) is 42.5 Å². The summed E-state index contributed by atoms with van der Waals surface area (Å²) in [5.74, 6) is 0.175. The molecule has 0 heterocycles. The number of hydrogen-bond acceptors (Lipinski definition) is 2. The number of carbonyl (C=O) groups is 1. The smallest absolute Gasteiger partial charge is 0.223 e. The Morgan fingerprint density at radius 1 is 1.32 bits per heavy atom. The summed E-state index contributed by atoms with van der Waals surface area (Å²) >= 11 is 0. The maximum atomic E-state index is 11.5. The van der Waals surface area contributed by atoms with Gasteiger partial charge in [0.2, 0.25) is 5.91 Å². The van der Waals surface area contributed by atoms with E-state index in [1.54, 1.807) is 19.0 Å². The summed E-state index contributed by atoms with van der Waals surface area (Å²) in [6.07, 6.45) is 4.30. The molecule has 0 fully saturated rings. The zero-order valence-corrected chi connectivity index (χ0v) is 12.2. The highest BCUT2D eigenvalue weighted by molar-refractivity contribution is 5.75. The molecule has 1 atom stereocenters. The van der Waals surface area contributed by atoms with E-state index in [4.69, 9.17) is 0 Å². The average molecular weight is 260 g/mol. The Kier molecular flexibility index (Phi) is 4.59. The highest BCUT2D eigenvalue weighted by Gasteiger charge is 2.13. The third kappa shape index (κ3) is 3.57. The van der Waals surface area contributed by atoms with Crippen LogP contribution < -0.4 is 5.32 Å². The fourth-order valence-corrected chi connectivity index (χ4v) is 2.60. The van der Waals surface area contributed by atoms with Crippen LogP contribution in [-0.2, 0) is 17.6 Å². The number of nitrogens with zero attached hydrogens (tertiary/aromatic N) is 1. The van der Waals surface area contributed by atoms with Crippen molar-refractivity contribution in [2.75, 3.05) is 20.6 Å². The normalized spacial score (nSPS) is 15.1. The number of nitrogens with one attached hydrogen (secondary N) is 1. The molecule has 3 nitrogen and oxygen atoms in total.